The van der Waals surface area contributed by atoms with Gasteiger partial charge in [-0.05, 0) is 30.3 Å². The molecule has 1 aliphatic heterocycles. The maximum atomic E-state index is 12.7. The number of benzene rings is 1. The lowest BCUT2D eigenvalue weighted by atomic mass is 10.2. The van der Waals surface area contributed by atoms with E-state index in [-0.39, 0.29) is 11.4 Å². The van der Waals surface area contributed by atoms with Gasteiger partial charge in [0.1, 0.15) is 5.69 Å². The number of rotatable bonds is 3. The second-order valence-electron chi connectivity index (χ2n) is 5.53. The number of carbonyl (C=O) groups excluding carboxylic acids is 1. The van der Waals surface area contributed by atoms with E-state index < -0.39 is 17.6 Å². The molecule has 2 heterocycles. The Bertz CT molecular complexity index is 759. The van der Waals surface area contributed by atoms with Gasteiger partial charge in [-0.2, -0.15) is 13.2 Å². The highest BCUT2D eigenvalue weighted by Gasteiger charge is 2.30. The number of halogens is 3. The third-order valence-corrected chi connectivity index (χ3v) is 3.80. The van der Waals surface area contributed by atoms with Gasteiger partial charge in [-0.15, -0.1) is 0 Å². The fraction of sp³-hybridized carbons (Fsp3) is 0.294. The predicted molar refractivity (Wildman–Crippen MR) is 86.7 cm³/mol. The molecule has 0 atom stereocenters. The number of amides is 1. The van der Waals surface area contributed by atoms with E-state index in [0.29, 0.717) is 26.3 Å². The first-order chi connectivity index (χ1) is 11.9. The number of pyridine rings is 1. The number of nitrogens with one attached hydrogen (secondary N) is 1. The Morgan fingerprint density at radius 1 is 1.16 bits per heavy atom. The van der Waals surface area contributed by atoms with Crippen molar-refractivity contribution in [2.45, 2.75) is 6.18 Å². The molecular formula is C17H16F3N3O2. The summed E-state index contributed by atoms with van der Waals surface area (Å²) in [6.07, 6.45) is -2.96. The highest BCUT2D eigenvalue weighted by atomic mass is 19.4. The molecule has 1 aliphatic rings. The number of carbonyl (C=O) groups is 1. The summed E-state index contributed by atoms with van der Waals surface area (Å²) in [5.74, 6) is -0.561. The molecule has 3 rings (SSSR count). The Labute approximate surface area is 142 Å². The van der Waals surface area contributed by atoms with Gasteiger partial charge in [0.15, 0.2) is 0 Å². The van der Waals surface area contributed by atoms with Gasteiger partial charge in [-0.1, -0.05) is 6.07 Å². The second kappa shape index (κ2) is 7.10. The van der Waals surface area contributed by atoms with E-state index in [1.165, 1.54) is 18.3 Å². The molecule has 0 bridgehead atoms. The molecule has 2 aromatic rings. The number of nitrogens with zero attached hydrogens (tertiary/aromatic N) is 2. The molecule has 132 valence electrons. The van der Waals surface area contributed by atoms with E-state index in [4.69, 9.17) is 4.74 Å². The van der Waals surface area contributed by atoms with E-state index in [9.17, 15) is 18.0 Å². The maximum absolute atomic E-state index is 12.7. The van der Waals surface area contributed by atoms with Crippen LogP contribution in [-0.2, 0) is 10.9 Å². The van der Waals surface area contributed by atoms with Gasteiger partial charge >= 0.3 is 6.18 Å². The lowest BCUT2D eigenvalue weighted by Gasteiger charge is -2.28. The van der Waals surface area contributed by atoms with Gasteiger partial charge in [0.25, 0.3) is 5.91 Å². The molecule has 25 heavy (non-hydrogen) atoms. The molecule has 0 radical (unpaired) electrons. The highest BCUT2D eigenvalue weighted by molar-refractivity contribution is 6.03. The van der Waals surface area contributed by atoms with Crippen molar-refractivity contribution in [2.75, 3.05) is 36.5 Å². The number of morpholine rings is 1. The first-order valence-electron chi connectivity index (χ1n) is 7.71. The van der Waals surface area contributed by atoms with E-state index >= 15 is 0 Å². The number of hydrogen-bond acceptors (Lipinski definition) is 4. The molecule has 0 unspecified atom stereocenters. The second-order valence-corrected chi connectivity index (χ2v) is 5.53. The van der Waals surface area contributed by atoms with Crippen LogP contribution in [0.5, 0.6) is 0 Å². The first kappa shape index (κ1) is 17.2. The van der Waals surface area contributed by atoms with Gasteiger partial charge in [0.05, 0.1) is 18.8 Å². The molecule has 1 fully saturated rings. The highest BCUT2D eigenvalue weighted by Crippen LogP contribution is 2.30. The number of aromatic nitrogens is 1. The van der Waals surface area contributed by atoms with Gasteiger partial charge in [-0.3, -0.25) is 9.78 Å². The Morgan fingerprint density at radius 3 is 2.64 bits per heavy atom. The zero-order chi connectivity index (χ0) is 17.9. The van der Waals surface area contributed by atoms with Crippen molar-refractivity contribution in [1.82, 2.24) is 4.98 Å². The average Bonchev–Trinajstić information content (AvgIpc) is 2.62. The van der Waals surface area contributed by atoms with Crippen molar-refractivity contribution in [3.63, 3.8) is 0 Å². The van der Waals surface area contributed by atoms with Gasteiger partial charge in [0, 0.05) is 30.7 Å². The smallest absolute Gasteiger partial charge is 0.378 e. The van der Waals surface area contributed by atoms with E-state index in [0.717, 1.165) is 17.8 Å². The third-order valence-electron chi connectivity index (χ3n) is 3.80. The summed E-state index contributed by atoms with van der Waals surface area (Å²) in [7, 11) is 0. The summed E-state index contributed by atoms with van der Waals surface area (Å²) >= 11 is 0. The molecule has 1 amide bonds. The van der Waals surface area contributed by atoms with Crippen LogP contribution in [0.3, 0.4) is 0 Å². The van der Waals surface area contributed by atoms with E-state index in [1.807, 2.05) is 0 Å². The Balaban J connectivity index is 1.75. The molecule has 8 heteroatoms. The molecule has 0 saturated carbocycles. The fourth-order valence-electron chi connectivity index (χ4n) is 2.53. The van der Waals surface area contributed by atoms with Crippen LogP contribution in [0.1, 0.15) is 16.1 Å². The molecule has 1 aromatic heterocycles. The van der Waals surface area contributed by atoms with Crippen LogP contribution in [-0.4, -0.2) is 37.2 Å². The number of anilines is 2. The molecular weight excluding hydrogens is 335 g/mol. The predicted octanol–water partition coefficient (Wildman–Crippen LogP) is 3.19. The van der Waals surface area contributed by atoms with Crippen LogP contribution in [0.25, 0.3) is 0 Å². The monoisotopic (exact) mass is 351 g/mol. The van der Waals surface area contributed by atoms with Gasteiger partial charge in [-0.25, -0.2) is 0 Å². The lowest BCUT2D eigenvalue weighted by Crippen LogP contribution is -2.36. The SMILES string of the molecule is O=C(Nc1cccc(C(F)(F)F)c1)c1cc(N2CCOCC2)ccn1. The van der Waals surface area contributed by atoms with E-state index in [2.05, 4.69) is 15.2 Å². The van der Waals surface area contributed by atoms with Crippen molar-refractivity contribution < 1.29 is 22.7 Å². The summed E-state index contributed by atoms with van der Waals surface area (Å²) in [4.78, 5) is 18.4. The van der Waals surface area contributed by atoms with Crippen LogP contribution in [0.4, 0.5) is 24.5 Å². The van der Waals surface area contributed by atoms with Crippen molar-refractivity contribution in [1.29, 1.82) is 0 Å². The summed E-state index contributed by atoms with van der Waals surface area (Å²) in [5, 5.41) is 2.46. The molecule has 5 nitrogen and oxygen atoms in total. The number of ether oxygens (including phenoxy) is 1. The summed E-state index contributed by atoms with van der Waals surface area (Å²) in [6.45, 7) is 2.62. The van der Waals surface area contributed by atoms with Crippen molar-refractivity contribution in [3.05, 3.63) is 53.9 Å². The van der Waals surface area contributed by atoms with Crippen molar-refractivity contribution in [2.24, 2.45) is 0 Å². The Hall–Kier alpha value is -2.61. The molecule has 1 saturated heterocycles. The quantitative estimate of drug-likeness (QED) is 0.923. The maximum Gasteiger partial charge on any atom is 0.416 e. The van der Waals surface area contributed by atoms with Gasteiger partial charge in [0.2, 0.25) is 0 Å². The fourth-order valence-corrected chi connectivity index (χ4v) is 2.53. The zero-order valence-corrected chi connectivity index (χ0v) is 13.2. The molecule has 1 N–H and O–H groups in total. The Kier molecular flexibility index (Phi) is 4.89. The Morgan fingerprint density at radius 2 is 1.92 bits per heavy atom. The minimum Gasteiger partial charge on any atom is -0.378 e. The van der Waals surface area contributed by atoms with Crippen LogP contribution in [0.2, 0.25) is 0 Å². The normalized spacial score (nSPS) is 15.1. The van der Waals surface area contributed by atoms with Crippen molar-refractivity contribution >= 4 is 17.3 Å². The number of hydrogen-bond donors (Lipinski definition) is 1. The standard InChI is InChI=1S/C17H16F3N3O2/c18-17(19,20)12-2-1-3-13(10-12)22-16(24)15-11-14(4-5-21-15)23-6-8-25-9-7-23/h1-5,10-11H,6-9H2,(H,22,24). The topological polar surface area (TPSA) is 54.5 Å². The zero-order valence-electron chi connectivity index (χ0n) is 13.2. The van der Waals surface area contributed by atoms with Crippen LogP contribution in [0, 0.1) is 0 Å². The van der Waals surface area contributed by atoms with Gasteiger partial charge < -0.3 is 15.0 Å². The average molecular weight is 351 g/mol. The minimum absolute atomic E-state index is 0.0680. The lowest BCUT2D eigenvalue weighted by molar-refractivity contribution is -0.137. The first-order valence-corrected chi connectivity index (χ1v) is 7.71. The third kappa shape index (κ3) is 4.27. The molecule has 0 spiro atoms. The summed E-state index contributed by atoms with van der Waals surface area (Å²) in [6, 6.07) is 7.90. The van der Waals surface area contributed by atoms with Crippen LogP contribution in [0.15, 0.2) is 42.6 Å². The number of alkyl halides is 3. The summed E-state index contributed by atoms with van der Waals surface area (Å²) < 4.78 is 43.5. The van der Waals surface area contributed by atoms with Crippen LogP contribution < -0.4 is 10.2 Å². The van der Waals surface area contributed by atoms with E-state index in [1.54, 1.807) is 12.1 Å². The summed E-state index contributed by atoms with van der Waals surface area (Å²) in [5.41, 5.74) is 0.215. The van der Waals surface area contributed by atoms with Crippen molar-refractivity contribution in [3.8, 4) is 0 Å². The molecule has 1 aromatic carbocycles. The minimum atomic E-state index is -4.46. The molecule has 0 aliphatic carbocycles. The van der Waals surface area contributed by atoms with Crippen LogP contribution >= 0.6 is 0 Å². The largest absolute Gasteiger partial charge is 0.416 e.